The highest BCUT2D eigenvalue weighted by molar-refractivity contribution is 5.85. The van der Waals surface area contributed by atoms with Gasteiger partial charge in [0.15, 0.2) is 0 Å². The van der Waals surface area contributed by atoms with Crippen molar-refractivity contribution in [1.29, 1.82) is 0 Å². The van der Waals surface area contributed by atoms with Gasteiger partial charge in [-0.25, -0.2) is 0 Å². The number of benzene rings is 1. The van der Waals surface area contributed by atoms with E-state index < -0.39 is 0 Å². The molecule has 2 rings (SSSR count). The van der Waals surface area contributed by atoms with Crippen LogP contribution in [0.1, 0.15) is 16.9 Å². The molecule has 23 heavy (non-hydrogen) atoms. The summed E-state index contributed by atoms with van der Waals surface area (Å²) in [6, 6.07) is 12.0. The fourth-order valence-electron chi connectivity index (χ4n) is 2.32. The highest BCUT2D eigenvalue weighted by Gasteiger charge is 2.08. The SMILES string of the molecule is CNCC(=O)NCc1ccccc1CN(C)Cc1ccco1.Cl. The number of nitrogens with zero attached hydrogens (tertiary/aromatic N) is 1. The van der Waals surface area contributed by atoms with Gasteiger partial charge in [0, 0.05) is 13.1 Å². The Morgan fingerprint density at radius 2 is 1.87 bits per heavy atom. The third kappa shape index (κ3) is 6.44. The molecule has 1 aromatic heterocycles. The summed E-state index contributed by atoms with van der Waals surface area (Å²) in [6.45, 7) is 2.44. The molecule has 5 nitrogen and oxygen atoms in total. The number of halogens is 1. The summed E-state index contributed by atoms with van der Waals surface area (Å²) in [5.74, 6) is 0.948. The van der Waals surface area contributed by atoms with Crippen molar-refractivity contribution in [2.45, 2.75) is 19.6 Å². The molecule has 1 aromatic carbocycles. The Labute approximate surface area is 143 Å². The number of amides is 1. The van der Waals surface area contributed by atoms with E-state index >= 15 is 0 Å². The Balaban J connectivity index is 0.00000264. The lowest BCUT2D eigenvalue weighted by atomic mass is 10.1. The number of rotatable bonds is 8. The molecule has 0 aliphatic rings. The lowest BCUT2D eigenvalue weighted by molar-refractivity contribution is -0.120. The Morgan fingerprint density at radius 1 is 1.13 bits per heavy atom. The van der Waals surface area contributed by atoms with Crippen LogP contribution in [0.15, 0.2) is 47.1 Å². The number of hydrogen-bond acceptors (Lipinski definition) is 4. The van der Waals surface area contributed by atoms with Crippen LogP contribution in [0.2, 0.25) is 0 Å². The number of nitrogens with one attached hydrogen (secondary N) is 2. The topological polar surface area (TPSA) is 57.5 Å². The number of hydrogen-bond donors (Lipinski definition) is 2. The number of furan rings is 1. The zero-order valence-corrected chi connectivity index (χ0v) is 14.4. The van der Waals surface area contributed by atoms with Crippen molar-refractivity contribution < 1.29 is 9.21 Å². The van der Waals surface area contributed by atoms with Crippen LogP contribution in [0.5, 0.6) is 0 Å². The lowest BCUT2D eigenvalue weighted by Crippen LogP contribution is -2.32. The average molecular weight is 338 g/mol. The zero-order chi connectivity index (χ0) is 15.8. The lowest BCUT2D eigenvalue weighted by Gasteiger charge is -2.18. The van der Waals surface area contributed by atoms with E-state index in [4.69, 9.17) is 4.42 Å². The van der Waals surface area contributed by atoms with E-state index in [9.17, 15) is 4.79 Å². The van der Waals surface area contributed by atoms with Crippen molar-refractivity contribution in [2.75, 3.05) is 20.6 Å². The summed E-state index contributed by atoms with van der Waals surface area (Å²) in [5.41, 5.74) is 2.35. The van der Waals surface area contributed by atoms with Crippen LogP contribution in [-0.4, -0.2) is 31.4 Å². The van der Waals surface area contributed by atoms with Gasteiger partial charge < -0.3 is 15.1 Å². The maximum Gasteiger partial charge on any atom is 0.234 e. The minimum atomic E-state index is 0. The van der Waals surface area contributed by atoms with Crippen molar-refractivity contribution in [3.05, 3.63) is 59.5 Å². The smallest absolute Gasteiger partial charge is 0.234 e. The molecule has 0 saturated heterocycles. The summed E-state index contributed by atoms with van der Waals surface area (Å²) in [6.07, 6.45) is 1.69. The van der Waals surface area contributed by atoms with Gasteiger partial charge in [0.25, 0.3) is 0 Å². The molecule has 2 aromatic rings. The van der Waals surface area contributed by atoms with Gasteiger partial charge in [0.05, 0.1) is 19.4 Å². The third-order valence-corrected chi connectivity index (χ3v) is 3.38. The van der Waals surface area contributed by atoms with Crippen LogP contribution in [0.3, 0.4) is 0 Å². The van der Waals surface area contributed by atoms with E-state index in [1.807, 2.05) is 24.3 Å². The predicted octanol–water partition coefficient (Wildman–Crippen LogP) is 2.17. The molecule has 0 bridgehead atoms. The quantitative estimate of drug-likeness (QED) is 0.775. The van der Waals surface area contributed by atoms with Gasteiger partial charge in [-0.15, -0.1) is 12.4 Å². The maximum absolute atomic E-state index is 11.6. The van der Waals surface area contributed by atoms with Crippen LogP contribution in [0, 0.1) is 0 Å². The average Bonchev–Trinajstić information content (AvgIpc) is 2.99. The number of carbonyl (C=O) groups excluding carboxylic acids is 1. The molecular weight excluding hydrogens is 314 g/mol. The second-order valence-corrected chi connectivity index (χ2v) is 5.33. The van der Waals surface area contributed by atoms with E-state index in [0.717, 1.165) is 24.4 Å². The van der Waals surface area contributed by atoms with Gasteiger partial charge in [-0.2, -0.15) is 0 Å². The van der Waals surface area contributed by atoms with Crippen molar-refractivity contribution in [3.63, 3.8) is 0 Å². The molecule has 0 unspecified atom stereocenters. The van der Waals surface area contributed by atoms with Crippen LogP contribution in [0.25, 0.3) is 0 Å². The van der Waals surface area contributed by atoms with E-state index in [2.05, 4.69) is 34.7 Å². The molecule has 2 N–H and O–H groups in total. The monoisotopic (exact) mass is 337 g/mol. The fourth-order valence-corrected chi connectivity index (χ4v) is 2.32. The van der Waals surface area contributed by atoms with E-state index in [1.54, 1.807) is 13.3 Å². The van der Waals surface area contributed by atoms with Gasteiger partial charge in [0.2, 0.25) is 5.91 Å². The highest BCUT2D eigenvalue weighted by atomic mass is 35.5. The van der Waals surface area contributed by atoms with Gasteiger partial charge in [-0.3, -0.25) is 9.69 Å². The van der Waals surface area contributed by atoms with Crippen LogP contribution >= 0.6 is 12.4 Å². The molecule has 0 spiro atoms. The molecule has 126 valence electrons. The normalized spacial score (nSPS) is 10.4. The Hall–Kier alpha value is -1.82. The molecule has 0 aliphatic heterocycles. The fraction of sp³-hybridized carbons (Fsp3) is 0.353. The van der Waals surface area contributed by atoms with Gasteiger partial charge >= 0.3 is 0 Å². The standard InChI is InChI=1S/C17H23N3O2.ClH/c1-18-11-17(21)19-10-14-6-3-4-7-15(14)12-20(2)13-16-8-5-9-22-16;/h3-9,18H,10-13H2,1-2H3,(H,19,21);1H. The summed E-state index contributed by atoms with van der Waals surface area (Å²) < 4.78 is 5.37. The third-order valence-electron chi connectivity index (χ3n) is 3.38. The van der Waals surface area contributed by atoms with E-state index in [-0.39, 0.29) is 18.3 Å². The molecule has 6 heteroatoms. The van der Waals surface area contributed by atoms with Crippen LogP contribution in [-0.2, 0) is 24.4 Å². The van der Waals surface area contributed by atoms with Gasteiger partial charge in [-0.1, -0.05) is 24.3 Å². The zero-order valence-electron chi connectivity index (χ0n) is 13.5. The molecular formula is C17H24ClN3O2. The Morgan fingerprint density at radius 3 is 2.52 bits per heavy atom. The second kappa shape index (κ2) is 10.0. The minimum Gasteiger partial charge on any atom is -0.468 e. The summed E-state index contributed by atoms with van der Waals surface area (Å²) in [5, 5.41) is 5.77. The second-order valence-electron chi connectivity index (χ2n) is 5.33. The van der Waals surface area contributed by atoms with E-state index in [0.29, 0.717) is 13.1 Å². The molecule has 0 atom stereocenters. The highest BCUT2D eigenvalue weighted by Crippen LogP contribution is 2.13. The number of likely N-dealkylation sites (N-methyl/N-ethyl adjacent to an activating group) is 1. The first-order valence-electron chi connectivity index (χ1n) is 7.38. The molecule has 0 radical (unpaired) electrons. The largest absolute Gasteiger partial charge is 0.468 e. The Bertz CT molecular complexity index is 587. The first kappa shape index (κ1) is 19.2. The van der Waals surface area contributed by atoms with Crippen LogP contribution in [0.4, 0.5) is 0 Å². The molecule has 0 fully saturated rings. The van der Waals surface area contributed by atoms with Crippen molar-refractivity contribution in [2.24, 2.45) is 0 Å². The van der Waals surface area contributed by atoms with Gasteiger partial charge in [-0.05, 0) is 37.4 Å². The first-order valence-corrected chi connectivity index (χ1v) is 7.38. The van der Waals surface area contributed by atoms with Gasteiger partial charge in [0.1, 0.15) is 5.76 Å². The summed E-state index contributed by atoms with van der Waals surface area (Å²) >= 11 is 0. The van der Waals surface area contributed by atoms with E-state index in [1.165, 1.54) is 5.56 Å². The molecule has 1 heterocycles. The van der Waals surface area contributed by atoms with Crippen molar-refractivity contribution >= 4 is 18.3 Å². The maximum atomic E-state index is 11.6. The van der Waals surface area contributed by atoms with Crippen molar-refractivity contribution in [1.82, 2.24) is 15.5 Å². The number of carbonyl (C=O) groups is 1. The predicted molar refractivity (Wildman–Crippen MR) is 93.3 cm³/mol. The first-order chi connectivity index (χ1) is 10.7. The van der Waals surface area contributed by atoms with Crippen molar-refractivity contribution in [3.8, 4) is 0 Å². The molecule has 0 saturated carbocycles. The summed E-state index contributed by atoms with van der Waals surface area (Å²) in [4.78, 5) is 13.8. The Kier molecular flexibility index (Phi) is 8.40. The summed E-state index contributed by atoms with van der Waals surface area (Å²) in [7, 11) is 3.82. The minimum absolute atomic E-state index is 0. The molecule has 0 aliphatic carbocycles. The molecule has 1 amide bonds. The van der Waals surface area contributed by atoms with Crippen LogP contribution < -0.4 is 10.6 Å².